The Kier molecular flexibility index (Phi) is 6.74. The van der Waals surface area contributed by atoms with E-state index < -0.39 is 12.1 Å². The van der Waals surface area contributed by atoms with Crippen molar-refractivity contribution in [2.24, 2.45) is 7.05 Å². The molecule has 0 saturated carbocycles. The van der Waals surface area contributed by atoms with Gasteiger partial charge >= 0.3 is 12.1 Å². The van der Waals surface area contributed by atoms with Crippen molar-refractivity contribution in [3.8, 4) is 12.3 Å². The molecule has 158 valence electrons. The first kappa shape index (κ1) is 21.4. The van der Waals surface area contributed by atoms with Crippen LogP contribution in [0, 0.1) is 12.3 Å². The molecule has 1 fully saturated rings. The summed E-state index contributed by atoms with van der Waals surface area (Å²) in [6, 6.07) is 1.55. The molecule has 2 aromatic heterocycles. The van der Waals surface area contributed by atoms with Crippen molar-refractivity contribution in [2.75, 3.05) is 32.1 Å². The van der Waals surface area contributed by atoms with Gasteiger partial charge in [0.15, 0.2) is 6.61 Å². The first-order chi connectivity index (χ1) is 14.4. The lowest BCUT2D eigenvalue weighted by Crippen LogP contribution is -2.38. The second-order valence-electron chi connectivity index (χ2n) is 6.76. The van der Waals surface area contributed by atoms with Crippen LogP contribution in [0.1, 0.15) is 44.7 Å². The first-order valence-electron chi connectivity index (χ1n) is 9.29. The van der Waals surface area contributed by atoms with Gasteiger partial charge in [-0.25, -0.2) is 14.6 Å². The van der Waals surface area contributed by atoms with Gasteiger partial charge in [-0.3, -0.25) is 4.79 Å². The summed E-state index contributed by atoms with van der Waals surface area (Å²) in [5.74, 6) is 1.62. The Hall–Kier alpha value is -3.32. The van der Waals surface area contributed by atoms with E-state index in [9.17, 15) is 14.4 Å². The summed E-state index contributed by atoms with van der Waals surface area (Å²) in [5.41, 5.74) is 1.13. The van der Waals surface area contributed by atoms with Crippen LogP contribution < -0.4 is 5.32 Å². The molecule has 1 N–H and O–H groups in total. The van der Waals surface area contributed by atoms with Crippen LogP contribution in [0.4, 0.5) is 10.5 Å². The van der Waals surface area contributed by atoms with Gasteiger partial charge in [0.2, 0.25) is 0 Å². The Morgan fingerprint density at radius 1 is 1.37 bits per heavy atom. The fraction of sp³-hybridized carbons (Fsp3) is 0.400. The molecule has 0 atom stereocenters. The molecule has 0 bridgehead atoms. The van der Waals surface area contributed by atoms with E-state index in [1.807, 2.05) is 0 Å². The highest BCUT2D eigenvalue weighted by Gasteiger charge is 2.27. The average Bonchev–Trinajstić information content (AvgIpc) is 3.38. The molecule has 1 aliphatic heterocycles. The zero-order chi connectivity index (χ0) is 21.7. The molecule has 0 spiro atoms. The number of aryl methyl sites for hydroxylation is 1. The van der Waals surface area contributed by atoms with Crippen LogP contribution >= 0.6 is 11.3 Å². The summed E-state index contributed by atoms with van der Waals surface area (Å²) in [6.07, 6.45) is 7.80. The number of rotatable bonds is 5. The summed E-state index contributed by atoms with van der Waals surface area (Å²) < 4.78 is 11.2. The standard InChI is InChI=1S/C20H22N4O5S/c1-4-9-29-20(27)24-7-5-13(6-8-24)18-22-15(12-30-18)17(25)21-14-10-16(19(26)28-3)23(2)11-14/h1,10-13H,5-9H2,2-3H3,(H,21,25). The molecule has 1 aliphatic rings. The van der Waals surface area contributed by atoms with Gasteiger partial charge in [-0.2, -0.15) is 0 Å². The largest absolute Gasteiger partial charge is 0.464 e. The Morgan fingerprint density at radius 2 is 2.10 bits per heavy atom. The lowest BCUT2D eigenvalue weighted by atomic mass is 9.98. The van der Waals surface area contributed by atoms with E-state index in [4.69, 9.17) is 15.9 Å². The zero-order valence-corrected chi connectivity index (χ0v) is 17.5. The topological polar surface area (TPSA) is 103 Å². The van der Waals surface area contributed by atoms with E-state index in [1.54, 1.807) is 34.2 Å². The number of carbonyl (C=O) groups excluding carboxylic acids is 3. The number of amides is 2. The number of methoxy groups -OCH3 is 1. The second kappa shape index (κ2) is 9.45. The van der Waals surface area contributed by atoms with Gasteiger partial charge in [-0.1, -0.05) is 5.92 Å². The fourth-order valence-corrected chi connectivity index (χ4v) is 4.19. The number of esters is 1. The highest BCUT2D eigenvalue weighted by molar-refractivity contribution is 7.10. The van der Waals surface area contributed by atoms with Crippen LogP contribution in [0.3, 0.4) is 0 Å². The lowest BCUT2D eigenvalue weighted by molar-refractivity contribution is 0.0589. The third kappa shape index (κ3) is 4.80. The Bertz CT molecular complexity index is 982. The van der Waals surface area contributed by atoms with Crippen molar-refractivity contribution < 1.29 is 23.9 Å². The summed E-state index contributed by atoms with van der Waals surface area (Å²) in [6.45, 7) is 1.07. The minimum atomic E-state index is -0.483. The number of aromatic nitrogens is 2. The maximum absolute atomic E-state index is 12.5. The number of piperidine rings is 1. The van der Waals surface area contributed by atoms with Gasteiger partial charge in [-0.05, 0) is 18.9 Å². The molecule has 0 aromatic carbocycles. The number of hydrogen-bond donors (Lipinski definition) is 1. The molecule has 0 unspecified atom stereocenters. The number of thiazole rings is 1. The number of carbonyl (C=O) groups is 3. The van der Waals surface area contributed by atoms with E-state index in [1.165, 1.54) is 18.4 Å². The van der Waals surface area contributed by atoms with Crippen molar-refractivity contribution in [1.82, 2.24) is 14.5 Å². The van der Waals surface area contributed by atoms with E-state index >= 15 is 0 Å². The van der Waals surface area contributed by atoms with Gasteiger partial charge in [0.1, 0.15) is 11.4 Å². The van der Waals surface area contributed by atoms with Crippen molar-refractivity contribution in [3.05, 3.63) is 34.0 Å². The molecule has 9 nitrogen and oxygen atoms in total. The normalized spacial score (nSPS) is 14.1. The van der Waals surface area contributed by atoms with E-state index in [0.29, 0.717) is 30.2 Å². The highest BCUT2D eigenvalue weighted by atomic mass is 32.1. The van der Waals surface area contributed by atoms with E-state index in [-0.39, 0.29) is 18.4 Å². The fourth-order valence-electron chi connectivity index (χ4n) is 3.22. The van der Waals surface area contributed by atoms with Gasteiger partial charge in [0.05, 0.1) is 17.8 Å². The molecule has 2 aromatic rings. The number of anilines is 1. The van der Waals surface area contributed by atoms with Crippen LogP contribution in [0.2, 0.25) is 0 Å². The average molecular weight is 430 g/mol. The van der Waals surface area contributed by atoms with Crippen molar-refractivity contribution in [3.63, 3.8) is 0 Å². The number of likely N-dealkylation sites (tertiary alicyclic amines) is 1. The smallest absolute Gasteiger partial charge is 0.410 e. The summed E-state index contributed by atoms with van der Waals surface area (Å²) in [7, 11) is 2.99. The molecular formula is C20H22N4O5S. The van der Waals surface area contributed by atoms with Gasteiger partial charge in [0, 0.05) is 37.6 Å². The molecule has 0 radical (unpaired) electrons. The Balaban J connectivity index is 1.58. The lowest BCUT2D eigenvalue weighted by Gasteiger charge is -2.30. The molecular weight excluding hydrogens is 408 g/mol. The third-order valence-electron chi connectivity index (χ3n) is 4.79. The predicted molar refractivity (Wildman–Crippen MR) is 111 cm³/mol. The number of nitrogens with zero attached hydrogens (tertiary/aromatic N) is 3. The summed E-state index contributed by atoms with van der Waals surface area (Å²) >= 11 is 1.42. The minimum absolute atomic E-state index is 0.0355. The minimum Gasteiger partial charge on any atom is -0.464 e. The monoisotopic (exact) mass is 430 g/mol. The maximum Gasteiger partial charge on any atom is 0.410 e. The number of hydrogen-bond acceptors (Lipinski definition) is 7. The van der Waals surface area contributed by atoms with Gasteiger partial charge in [0.25, 0.3) is 5.91 Å². The van der Waals surface area contributed by atoms with E-state index in [2.05, 4.69) is 16.2 Å². The molecule has 10 heteroatoms. The molecule has 3 heterocycles. The first-order valence-corrected chi connectivity index (χ1v) is 10.2. The predicted octanol–water partition coefficient (Wildman–Crippen LogP) is 2.47. The third-order valence-corrected chi connectivity index (χ3v) is 5.80. The second-order valence-corrected chi connectivity index (χ2v) is 7.65. The molecule has 2 amide bonds. The SMILES string of the molecule is C#CCOC(=O)N1CCC(c2nc(C(=O)Nc3cc(C(=O)OC)n(C)c3)cs2)CC1. The van der Waals surface area contributed by atoms with Gasteiger partial charge < -0.3 is 24.3 Å². The molecule has 1 saturated heterocycles. The van der Waals surface area contributed by atoms with Gasteiger partial charge in [-0.15, -0.1) is 17.8 Å². The Morgan fingerprint density at radius 3 is 2.77 bits per heavy atom. The molecule has 30 heavy (non-hydrogen) atoms. The maximum atomic E-state index is 12.5. The quantitative estimate of drug-likeness (QED) is 0.577. The summed E-state index contributed by atoms with van der Waals surface area (Å²) in [4.78, 5) is 42.2. The molecule has 3 rings (SSSR count). The van der Waals surface area contributed by atoms with Crippen LogP contribution in [-0.2, 0) is 16.5 Å². The van der Waals surface area contributed by atoms with E-state index in [0.717, 1.165) is 17.8 Å². The van der Waals surface area contributed by atoms with Crippen LogP contribution in [0.5, 0.6) is 0 Å². The van der Waals surface area contributed by atoms with Crippen LogP contribution in [0.15, 0.2) is 17.6 Å². The number of ether oxygens (including phenoxy) is 2. The number of terminal acetylenes is 1. The van der Waals surface area contributed by atoms with Crippen molar-refractivity contribution >= 4 is 35.0 Å². The summed E-state index contributed by atoms with van der Waals surface area (Å²) in [5, 5.41) is 5.32. The van der Waals surface area contributed by atoms with Crippen LogP contribution in [0.25, 0.3) is 0 Å². The van der Waals surface area contributed by atoms with Crippen molar-refractivity contribution in [2.45, 2.75) is 18.8 Å². The number of nitrogens with one attached hydrogen (secondary N) is 1. The molecule has 0 aliphatic carbocycles. The Labute approximate surface area is 178 Å². The highest BCUT2D eigenvalue weighted by Crippen LogP contribution is 2.30. The van der Waals surface area contributed by atoms with Crippen LogP contribution in [-0.4, -0.2) is 59.2 Å². The zero-order valence-electron chi connectivity index (χ0n) is 16.7. The van der Waals surface area contributed by atoms with Crippen molar-refractivity contribution in [1.29, 1.82) is 0 Å².